The number of aromatic amines is 1. The van der Waals surface area contributed by atoms with Crippen molar-refractivity contribution in [2.75, 3.05) is 11.5 Å². The Bertz CT molecular complexity index is 930. The molecule has 1 aliphatic heterocycles. The van der Waals surface area contributed by atoms with Crippen LogP contribution in [0, 0.1) is 0 Å². The van der Waals surface area contributed by atoms with Gasteiger partial charge < -0.3 is 4.98 Å². The van der Waals surface area contributed by atoms with Crippen LogP contribution in [-0.2, 0) is 9.84 Å². The molecule has 1 N–H and O–H groups in total. The number of benzene rings is 1. The Balaban J connectivity index is 1.73. The van der Waals surface area contributed by atoms with Gasteiger partial charge in [0, 0.05) is 23.5 Å². The predicted molar refractivity (Wildman–Crippen MR) is 85.3 cm³/mol. The average Bonchev–Trinajstić information content (AvgIpc) is 3.27. The first-order valence-corrected chi connectivity index (χ1v) is 9.15. The Labute approximate surface area is 133 Å². The second-order valence-corrected chi connectivity index (χ2v) is 7.83. The van der Waals surface area contributed by atoms with E-state index in [1.54, 1.807) is 17.1 Å². The summed E-state index contributed by atoms with van der Waals surface area (Å²) < 4.78 is 25.2. The molecule has 1 aliphatic rings. The van der Waals surface area contributed by atoms with E-state index in [0.29, 0.717) is 12.2 Å². The first-order chi connectivity index (χ1) is 11.1. The topological polar surface area (TPSA) is 93.5 Å². The minimum atomic E-state index is -2.97. The molecule has 0 bridgehead atoms. The fraction of sp³-hybridized carbons (Fsp3) is 0.267. The Morgan fingerprint density at radius 3 is 2.83 bits per heavy atom. The third-order valence-electron chi connectivity index (χ3n) is 4.02. The van der Waals surface area contributed by atoms with Gasteiger partial charge in [0.05, 0.1) is 17.5 Å². The molecule has 0 amide bonds. The number of sulfone groups is 1. The average molecular weight is 329 g/mol. The Morgan fingerprint density at radius 1 is 1.22 bits per heavy atom. The normalized spacial score (nSPS) is 19.9. The van der Waals surface area contributed by atoms with Crippen LogP contribution in [0.25, 0.3) is 22.8 Å². The van der Waals surface area contributed by atoms with E-state index in [4.69, 9.17) is 0 Å². The molecular weight excluding hydrogens is 314 g/mol. The molecule has 23 heavy (non-hydrogen) atoms. The van der Waals surface area contributed by atoms with Gasteiger partial charge in [0.15, 0.2) is 15.7 Å². The maximum atomic E-state index is 11.7. The molecule has 4 rings (SSSR count). The molecule has 1 saturated heterocycles. The number of hydrogen-bond donors (Lipinski definition) is 1. The minimum Gasteiger partial charge on any atom is -0.345 e. The molecule has 1 atom stereocenters. The third kappa shape index (κ3) is 2.65. The van der Waals surface area contributed by atoms with Gasteiger partial charge in [-0.3, -0.25) is 0 Å². The van der Waals surface area contributed by atoms with Crippen LogP contribution in [0.4, 0.5) is 0 Å². The lowest BCUT2D eigenvalue weighted by molar-refractivity contribution is 0.504. The van der Waals surface area contributed by atoms with Crippen molar-refractivity contribution in [3.8, 4) is 22.8 Å². The second-order valence-electron chi connectivity index (χ2n) is 5.60. The molecule has 0 radical (unpaired) electrons. The van der Waals surface area contributed by atoms with Crippen LogP contribution in [0.1, 0.15) is 12.5 Å². The van der Waals surface area contributed by atoms with E-state index < -0.39 is 9.84 Å². The number of nitrogens with one attached hydrogen (secondary N) is 1. The smallest absolute Gasteiger partial charge is 0.158 e. The molecule has 2 aromatic heterocycles. The van der Waals surface area contributed by atoms with Gasteiger partial charge in [-0.15, -0.1) is 0 Å². The van der Waals surface area contributed by atoms with Crippen LogP contribution in [0.5, 0.6) is 0 Å². The van der Waals surface area contributed by atoms with Gasteiger partial charge in [-0.2, -0.15) is 5.10 Å². The highest BCUT2D eigenvalue weighted by Crippen LogP contribution is 2.29. The van der Waals surface area contributed by atoms with Gasteiger partial charge >= 0.3 is 0 Å². The lowest BCUT2D eigenvalue weighted by Crippen LogP contribution is -2.13. The number of imidazole rings is 1. The lowest BCUT2D eigenvalue weighted by Gasteiger charge is -2.12. The quantitative estimate of drug-likeness (QED) is 0.789. The summed E-state index contributed by atoms with van der Waals surface area (Å²) in [5.74, 6) is 1.80. The van der Waals surface area contributed by atoms with E-state index in [9.17, 15) is 8.42 Å². The second kappa shape index (κ2) is 5.31. The summed E-state index contributed by atoms with van der Waals surface area (Å²) in [5.41, 5.74) is 1.83. The van der Waals surface area contributed by atoms with Crippen molar-refractivity contribution in [3.63, 3.8) is 0 Å². The highest BCUT2D eigenvalue weighted by molar-refractivity contribution is 7.91. The van der Waals surface area contributed by atoms with Crippen LogP contribution in [-0.4, -0.2) is 44.7 Å². The highest BCUT2D eigenvalue weighted by atomic mass is 32.2. The van der Waals surface area contributed by atoms with Gasteiger partial charge in [0.25, 0.3) is 0 Å². The molecule has 8 heteroatoms. The Kier molecular flexibility index (Phi) is 3.26. The number of hydrogen-bond acceptors (Lipinski definition) is 5. The Hall–Kier alpha value is -2.48. The van der Waals surface area contributed by atoms with Gasteiger partial charge in [-0.25, -0.2) is 23.1 Å². The maximum Gasteiger partial charge on any atom is 0.158 e. The number of rotatable bonds is 3. The summed E-state index contributed by atoms with van der Waals surface area (Å²) in [7, 11) is -2.97. The third-order valence-corrected chi connectivity index (χ3v) is 5.77. The molecule has 1 unspecified atom stereocenters. The van der Waals surface area contributed by atoms with Crippen molar-refractivity contribution in [1.82, 2.24) is 24.7 Å². The van der Waals surface area contributed by atoms with E-state index in [1.165, 1.54) is 6.33 Å². The van der Waals surface area contributed by atoms with E-state index in [0.717, 1.165) is 17.0 Å². The van der Waals surface area contributed by atoms with Crippen LogP contribution in [0.15, 0.2) is 43.0 Å². The van der Waals surface area contributed by atoms with Gasteiger partial charge in [0.2, 0.25) is 0 Å². The summed E-state index contributed by atoms with van der Waals surface area (Å²) >= 11 is 0. The van der Waals surface area contributed by atoms with Crippen LogP contribution in [0.3, 0.4) is 0 Å². The van der Waals surface area contributed by atoms with Crippen molar-refractivity contribution < 1.29 is 8.42 Å². The highest BCUT2D eigenvalue weighted by Gasteiger charge is 2.31. The maximum absolute atomic E-state index is 11.7. The predicted octanol–water partition coefficient (Wildman–Crippen LogP) is 1.69. The largest absolute Gasteiger partial charge is 0.345 e. The van der Waals surface area contributed by atoms with Crippen molar-refractivity contribution in [1.29, 1.82) is 0 Å². The van der Waals surface area contributed by atoms with Gasteiger partial charge in [-0.1, -0.05) is 18.2 Å². The van der Waals surface area contributed by atoms with Crippen molar-refractivity contribution in [3.05, 3.63) is 43.0 Å². The van der Waals surface area contributed by atoms with E-state index in [-0.39, 0.29) is 17.5 Å². The van der Waals surface area contributed by atoms with Gasteiger partial charge in [0.1, 0.15) is 12.2 Å². The van der Waals surface area contributed by atoms with Crippen molar-refractivity contribution >= 4 is 9.84 Å². The van der Waals surface area contributed by atoms with E-state index >= 15 is 0 Å². The number of H-pyrrole nitrogens is 1. The van der Waals surface area contributed by atoms with Crippen LogP contribution in [0.2, 0.25) is 0 Å². The first-order valence-electron chi connectivity index (χ1n) is 7.32. The van der Waals surface area contributed by atoms with E-state index in [2.05, 4.69) is 20.1 Å². The molecule has 0 aliphatic carbocycles. The molecular formula is C15H15N5O2S. The summed E-state index contributed by atoms with van der Waals surface area (Å²) in [6, 6.07) is 7.66. The monoisotopic (exact) mass is 329 g/mol. The standard InChI is InChI=1S/C15H15N5O2S/c21-23(22)7-4-13(9-23)20-15(18-10-19-20)12-3-1-2-11(8-12)14-16-5-6-17-14/h1-3,5-6,8,10,13H,4,7,9H2,(H,16,17). The first kappa shape index (κ1) is 14.1. The lowest BCUT2D eigenvalue weighted by atomic mass is 10.1. The SMILES string of the molecule is O=S1(=O)CCC(n2ncnc2-c2cccc(-c3ncc[nH]3)c2)C1. The molecule has 3 aromatic rings. The zero-order chi connectivity index (χ0) is 15.9. The molecule has 0 spiro atoms. The van der Waals surface area contributed by atoms with Crippen molar-refractivity contribution in [2.45, 2.75) is 12.5 Å². The van der Waals surface area contributed by atoms with Crippen molar-refractivity contribution in [2.24, 2.45) is 0 Å². The zero-order valence-corrected chi connectivity index (χ0v) is 13.1. The molecule has 3 heterocycles. The van der Waals surface area contributed by atoms with Gasteiger partial charge in [-0.05, 0) is 12.5 Å². The summed E-state index contributed by atoms with van der Waals surface area (Å²) in [6.45, 7) is 0. The molecule has 1 fully saturated rings. The molecule has 1 aromatic carbocycles. The fourth-order valence-electron chi connectivity index (χ4n) is 2.92. The summed E-state index contributed by atoms with van der Waals surface area (Å²) in [4.78, 5) is 11.7. The van der Waals surface area contributed by atoms with E-state index in [1.807, 2.05) is 24.3 Å². The number of aromatic nitrogens is 5. The molecule has 7 nitrogen and oxygen atoms in total. The number of nitrogens with zero attached hydrogens (tertiary/aromatic N) is 4. The summed E-state index contributed by atoms with van der Waals surface area (Å²) in [6.07, 6.45) is 5.53. The Morgan fingerprint density at radius 2 is 2.09 bits per heavy atom. The molecule has 0 saturated carbocycles. The van der Waals surface area contributed by atoms with Crippen LogP contribution < -0.4 is 0 Å². The summed E-state index contributed by atoms with van der Waals surface area (Å²) in [5, 5.41) is 4.25. The fourth-order valence-corrected chi connectivity index (χ4v) is 4.61. The molecule has 118 valence electrons. The minimum absolute atomic E-state index is 0.126. The zero-order valence-electron chi connectivity index (χ0n) is 12.3. The van der Waals surface area contributed by atoms with Crippen LogP contribution >= 0.6 is 0 Å².